The number of ether oxygens (including phenoxy) is 5. The first-order chi connectivity index (χ1) is 16.1. The number of rotatable bonds is 8. The molecule has 0 N–H and O–H groups in total. The number of fused-ring (bicyclic) bond motifs is 1. The number of nitrogens with zero attached hydrogens (tertiary/aromatic N) is 1. The van der Waals surface area contributed by atoms with Crippen molar-refractivity contribution in [3.63, 3.8) is 0 Å². The number of esters is 1. The van der Waals surface area contributed by atoms with E-state index in [1.54, 1.807) is 43.4 Å². The van der Waals surface area contributed by atoms with Gasteiger partial charge in [0.15, 0.2) is 18.1 Å². The molecule has 0 bridgehead atoms. The molecule has 8 heteroatoms. The van der Waals surface area contributed by atoms with Crippen LogP contribution in [-0.2, 0) is 27.2 Å². The number of benzene rings is 2. The lowest BCUT2D eigenvalue weighted by Gasteiger charge is -2.29. The molecule has 1 fully saturated rings. The standard InChI is InChI=1S/C25H29NO7/c1-29-22-12-18-9-10-26(14-19(18)13-23(22)30-2)24(27)16-33-25(28)17-5-7-20(8-6-17)32-15-21-4-3-11-31-21/h5-8,12-13,21H,3-4,9-11,14-16H2,1-2H3. The molecule has 0 saturated carbocycles. The van der Waals surface area contributed by atoms with Gasteiger partial charge in [0.25, 0.3) is 5.91 Å². The highest BCUT2D eigenvalue weighted by Crippen LogP contribution is 2.33. The van der Waals surface area contributed by atoms with Crippen LogP contribution in [0.25, 0.3) is 0 Å². The summed E-state index contributed by atoms with van der Waals surface area (Å²) < 4.78 is 27.2. The normalized spacial score (nSPS) is 17.3. The summed E-state index contributed by atoms with van der Waals surface area (Å²) in [6, 6.07) is 10.5. The second-order valence-corrected chi connectivity index (χ2v) is 8.09. The third-order valence-corrected chi connectivity index (χ3v) is 5.95. The van der Waals surface area contributed by atoms with Crippen LogP contribution in [0.2, 0.25) is 0 Å². The van der Waals surface area contributed by atoms with Gasteiger partial charge in [-0.3, -0.25) is 4.79 Å². The maximum absolute atomic E-state index is 12.6. The maximum atomic E-state index is 12.6. The van der Waals surface area contributed by atoms with E-state index in [2.05, 4.69) is 0 Å². The van der Waals surface area contributed by atoms with Crippen LogP contribution in [-0.4, -0.2) is 63.5 Å². The molecule has 4 rings (SSSR count). The lowest BCUT2D eigenvalue weighted by atomic mass is 9.99. The second-order valence-electron chi connectivity index (χ2n) is 8.09. The van der Waals surface area contributed by atoms with E-state index in [1.165, 1.54) is 0 Å². The van der Waals surface area contributed by atoms with Gasteiger partial charge in [-0.15, -0.1) is 0 Å². The van der Waals surface area contributed by atoms with Crippen molar-refractivity contribution in [1.29, 1.82) is 0 Å². The Balaban J connectivity index is 1.27. The zero-order valence-electron chi connectivity index (χ0n) is 19.0. The Morgan fingerprint density at radius 1 is 1.06 bits per heavy atom. The largest absolute Gasteiger partial charge is 0.493 e. The van der Waals surface area contributed by atoms with E-state index < -0.39 is 5.97 Å². The van der Waals surface area contributed by atoms with Gasteiger partial charge in [-0.2, -0.15) is 0 Å². The van der Waals surface area contributed by atoms with E-state index in [1.807, 2.05) is 12.1 Å². The first-order valence-electron chi connectivity index (χ1n) is 11.1. The van der Waals surface area contributed by atoms with Gasteiger partial charge in [0.1, 0.15) is 12.4 Å². The van der Waals surface area contributed by atoms with Crippen molar-refractivity contribution in [3.05, 3.63) is 53.1 Å². The molecule has 1 atom stereocenters. The third-order valence-electron chi connectivity index (χ3n) is 5.95. The number of carbonyl (C=O) groups excluding carboxylic acids is 2. The summed E-state index contributed by atoms with van der Waals surface area (Å²) in [5, 5.41) is 0. The van der Waals surface area contributed by atoms with Crippen LogP contribution < -0.4 is 14.2 Å². The summed E-state index contributed by atoms with van der Waals surface area (Å²) in [6.07, 6.45) is 2.89. The number of methoxy groups -OCH3 is 2. The van der Waals surface area contributed by atoms with Crippen LogP contribution >= 0.6 is 0 Å². The summed E-state index contributed by atoms with van der Waals surface area (Å²) in [7, 11) is 3.18. The van der Waals surface area contributed by atoms with Gasteiger partial charge in [0.2, 0.25) is 0 Å². The fourth-order valence-electron chi connectivity index (χ4n) is 4.05. The SMILES string of the molecule is COc1cc2c(cc1OC)CN(C(=O)COC(=O)c1ccc(OCC3CCCO3)cc1)CC2. The zero-order valence-corrected chi connectivity index (χ0v) is 19.0. The number of carbonyl (C=O) groups is 2. The molecular formula is C25H29NO7. The van der Waals surface area contributed by atoms with Gasteiger partial charge in [0.05, 0.1) is 25.9 Å². The Hall–Kier alpha value is -3.26. The van der Waals surface area contributed by atoms with Crippen molar-refractivity contribution >= 4 is 11.9 Å². The predicted molar refractivity (Wildman–Crippen MR) is 120 cm³/mol. The second kappa shape index (κ2) is 10.6. The molecule has 2 aromatic rings. The van der Waals surface area contributed by atoms with Gasteiger partial charge in [-0.1, -0.05) is 0 Å². The molecule has 2 aliphatic rings. The molecule has 1 unspecified atom stereocenters. The minimum absolute atomic E-state index is 0.130. The fraction of sp³-hybridized carbons (Fsp3) is 0.440. The van der Waals surface area contributed by atoms with E-state index in [9.17, 15) is 9.59 Å². The highest BCUT2D eigenvalue weighted by molar-refractivity contribution is 5.91. The Bertz CT molecular complexity index is 983. The van der Waals surface area contributed by atoms with Gasteiger partial charge < -0.3 is 28.6 Å². The van der Waals surface area contributed by atoms with Crippen molar-refractivity contribution in [3.8, 4) is 17.2 Å². The van der Waals surface area contributed by atoms with Crippen molar-refractivity contribution in [2.24, 2.45) is 0 Å². The molecule has 0 spiro atoms. The van der Waals surface area contributed by atoms with Crippen molar-refractivity contribution < 1.29 is 33.3 Å². The van der Waals surface area contributed by atoms with Crippen LogP contribution in [0, 0.1) is 0 Å². The Morgan fingerprint density at radius 2 is 1.79 bits per heavy atom. The van der Waals surface area contributed by atoms with Crippen molar-refractivity contribution in [2.75, 3.05) is 40.6 Å². The van der Waals surface area contributed by atoms with Crippen LogP contribution in [0.3, 0.4) is 0 Å². The van der Waals surface area contributed by atoms with E-state index in [0.717, 1.165) is 30.6 Å². The zero-order chi connectivity index (χ0) is 23.2. The molecule has 2 aliphatic heterocycles. The molecular weight excluding hydrogens is 426 g/mol. The molecule has 2 aromatic carbocycles. The van der Waals surface area contributed by atoms with Gasteiger partial charge in [-0.05, 0) is 66.8 Å². The smallest absolute Gasteiger partial charge is 0.338 e. The van der Waals surface area contributed by atoms with E-state index in [4.69, 9.17) is 23.7 Å². The monoisotopic (exact) mass is 455 g/mol. The average molecular weight is 456 g/mol. The summed E-state index contributed by atoms with van der Waals surface area (Å²) in [5.41, 5.74) is 2.49. The Kier molecular flexibility index (Phi) is 7.34. The molecule has 2 heterocycles. The summed E-state index contributed by atoms with van der Waals surface area (Å²) in [4.78, 5) is 26.7. The summed E-state index contributed by atoms with van der Waals surface area (Å²) >= 11 is 0. The molecule has 1 amide bonds. The maximum Gasteiger partial charge on any atom is 0.338 e. The minimum atomic E-state index is -0.544. The predicted octanol–water partition coefficient (Wildman–Crippen LogP) is 3.00. The lowest BCUT2D eigenvalue weighted by Crippen LogP contribution is -2.38. The molecule has 1 saturated heterocycles. The van der Waals surface area contributed by atoms with Crippen LogP contribution in [0.15, 0.2) is 36.4 Å². The average Bonchev–Trinajstić information content (AvgIpc) is 3.38. The summed E-state index contributed by atoms with van der Waals surface area (Å²) in [6.45, 7) is 1.96. The number of hydrogen-bond acceptors (Lipinski definition) is 7. The van der Waals surface area contributed by atoms with E-state index >= 15 is 0 Å². The molecule has 176 valence electrons. The Labute approximate surface area is 193 Å². The van der Waals surface area contributed by atoms with Gasteiger partial charge in [-0.25, -0.2) is 4.79 Å². The van der Waals surface area contributed by atoms with Crippen molar-refractivity contribution in [1.82, 2.24) is 4.90 Å². The molecule has 33 heavy (non-hydrogen) atoms. The lowest BCUT2D eigenvalue weighted by molar-refractivity contribution is -0.135. The summed E-state index contributed by atoms with van der Waals surface area (Å²) in [5.74, 6) is 1.18. The fourth-order valence-corrected chi connectivity index (χ4v) is 4.05. The highest BCUT2D eigenvalue weighted by atomic mass is 16.5. The highest BCUT2D eigenvalue weighted by Gasteiger charge is 2.24. The topological polar surface area (TPSA) is 83.5 Å². The first-order valence-corrected chi connectivity index (χ1v) is 11.1. The minimum Gasteiger partial charge on any atom is -0.493 e. The molecule has 0 radical (unpaired) electrons. The van der Waals surface area contributed by atoms with Crippen molar-refractivity contribution in [2.45, 2.75) is 31.9 Å². The van der Waals surface area contributed by atoms with E-state index in [-0.39, 0.29) is 18.6 Å². The number of hydrogen-bond donors (Lipinski definition) is 0. The Morgan fingerprint density at radius 3 is 2.45 bits per heavy atom. The molecule has 8 nitrogen and oxygen atoms in total. The third kappa shape index (κ3) is 5.57. The van der Waals surface area contributed by atoms with Crippen LogP contribution in [0.1, 0.15) is 34.3 Å². The van der Waals surface area contributed by atoms with Gasteiger partial charge >= 0.3 is 5.97 Å². The van der Waals surface area contributed by atoms with E-state index in [0.29, 0.717) is 48.9 Å². The first kappa shape index (κ1) is 22.9. The molecule has 0 aliphatic carbocycles. The quantitative estimate of drug-likeness (QED) is 0.566. The van der Waals surface area contributed by atoms with Gasteiger partial charge in [0, 0.05) is 19.7 Å². The number of amides is 1. The molecule has 0 aromatic heterocycles. The van der Waals surface area contributed by atoms with Crippen LogP contribution in [0.5, 0.6) is 17.2 Å². The van der Waals surface area contributed by atoms with Crippen LogP contribution in [0.4, 0.5) is 0 Å².